The van der Waals surface area contributed by atoms with E-state index in [1.54, 1.807) is 12.3 Å². The number of pyridine rings is 1. The smallest absolute Gasteiger partial charge is 0.326 e. The molecule has 2 aromatic rings. The van der Waals surface area contributed by atoms with Gasteiger partial charge in [-0.25, -0.2) is 0 Å². The molecule has 0 aliphatic heterocycles. The number of carbonyl (C=O) groups is 1. The molecule has 0 spiro atoms. The van der Waals surface area contributed by atoms with Gasteiger partial charge in [0.25, 0.3) is 5.56 Å². The Morgan fingerprint density at radius 1 is 1.20 bits per heavy atom. The Hall–Kier alpha value is -2.10. The summed E-state index contributed by atoms with van der Waals surface area (Å²) in [5, 5.41) is 1.50. The highest BCUT2D eigenvalue weighted by Gasteiger charge is 2.07. The second-order valence-electron chi connectivity index (χ2n) is 4.76. The Morgan fingerprint density at radius 3 is 2.80 bits per heavy atom. The predicted molar refractivity (Wildman–Crippen MR) is 78.7 cm³/mol. The van der Waals surface area contributed by atoms with E-state index in [4.69, 9.17) is 4.74 Å². The largest absolute Gasteiger partial charge is 0.464 e. The number of carbonyl (C=O) groups excluding carboxylic acids is 1. The Morgan fingerprint density at radius 2 is 2.00 bits per heavy atom. The first kappa shape index (κ1) is 14.3. The zero-order valence-electron chi connectivity index (χ0n) is 11.7. The number of esters is 1. The fourth-order valence-corrected chi connectivity index (χ4v) is 2.08. The van der Waals surface area contributed by atoms with Gasteiger partial charge in [-0.2, -0.15) is 0 Å². The summed E-state index contributed by atoms with van der Waals surface area (Å²) in [6.45, 7) is 2.49. The first-order chi connectivity index (χ1) is 9.72. The van der Waals surface area contributed by atoms with Crippen molar-refractivity contribution in [1.29, 1.82) is 0 Å². The molecule has 0 saturated heterocycles. The second kappa shape index (κ2) is 6.89. The van der Waals surface area contributed by atoms with E-state index in [9.17, 15) is 9.59 Å². The lowest BCUT2D eigenvalue weighted by atomic mass is 10.2. The topological polar surface area (TPSA) is 48.3 Å². The lowest BCUT2D eigenvalue weighted by Gasteiger charge is -2.07. The van der Waals surface area contributed by atoms with Crippen LogP contribution in [0.4, 0.5) is 0 Å². The van der Waals surface area contributed by atoms with Crippen molar-refractivity contribution >= 4 is 16.7 Å². The molecule has 0 aliphatic rings. The van der Waals surface area contributed by atoms with Crippen molar-refractivity contribution in [2.45, 2.75) is 32.7 Å². The van der Waals surface area contributed by atoms with Gasteiger partial charge in [-0.3, -0.25) is 9.59 Å². The van der Waals surface area contributed by atoms with Gasteiger partial charge >= 0.3 is 5.97 Å². The van der Waals surface area contributed by atoms with E-state index in [1.165, 1.54) is 4.57 Å². The van der Waals surface area contributed by atoms with E-state index in [0.717, 1.165) is 24.6 Å². The number of rotatable bonds is 6. The molecular weight excluding hydrogens is 254 g/mol. The van der Waals surface area contributed by atoms with Gasteiger partial charge in [0, 0.05) is 11.6 Å². The summed E-state index contributed by atoms with van der Waals surface area (Å²) < 4.78 is 6.51. The van der Waals surface area contributed by atoms with Gasteiger partial charge in [-0.1, -0.05) is 38.0 Å². The Bertz CT molecular complexity index is 645. The number of unbranched alkanes of at least 4 members (excludes halogenated alkanes) is 2. The van der Waals surface area contributed by atoms with Gasteiger partial charge in [0.05, 0.1) is 6.61 Å². The highest BCUT2D eigenvalue weighted by molar-refractivity contribution is 5.81. The highest BCUT2D eigenvalue weighted by atomic mass is 16.5. The molecule has 1 aromatic carbocycles. The average molecular weight is 273 g/mol. The normalized spacial score (nSPS) is 10.7. The van der Waals surface area contributed by atoms with E-state index in [1.807, 2.05) is 24.3 Å². The maximum atomic E-state index is 12.2. The van der Waals surface area contributed by atoms with Crippen LogP contribution >= 0.6 is 0 Å². The van der Waals surface area contributed by atoms with Crippen LogP contribution in [0.5, 0.6) is 0 Å². The molecule has 0 atom stereocenters. The van der Waals surface area contributed by atoms with Crippen molar-refractivity contribution in [2.75, 3.05) is 6.61 Å². The molecule has 0 unspecified atom stereocenters. The van der Waals surface area contributed by atoms with Crippen LogP contribution in [0, 0.1) is 0 Å². The lowest BCUT2D eigenvalue weighted by Crippen LogP contribution is -2.25. The van der Waals surface area contributed by atoms with E-state index < -0.39 is 0 Å². The minimum Gasteiger partial charge on any atom is -0.464 e. The molecule has 2 rings (SSSR count). The Kier molecular flexibility index (Phi) is 4.93. The molecule has 0 bridgehead atoms. The Balaban J connectivity index is 2.04. The summed E-state index contributed by atoms with van der Waals surface area (Å²) in [4.78, 5) is 23.9. The van der Waals surface area contributed by atoms with Crippen LogP contribution in [0.3, 0.4) is 0 Å². The minimum atomic E-state index is -0.363. The van der Waals surface area contributed by atoms with Crippen molar-refractivity contribution < 1.29 is 9.53 Å². The summed E-state index contributed by atoms with van der Waals surface area (Å²) in [7, 11) is 0. The number of ether oxygens (including phenoxy) is 1. The van der Waals surface area contributed by atoms with Gasteiger partial charge in [0.1, 0.15) is 6.54 Å². The van der Waals surface area contributed by atoms with Gasteiger partial charge in [0.2, 0.25) is 0 Å². The van der Waals surface area contributed by atoms with Crippen molar-refractivity contribution in [3.63, 3.8) is 0 Å². The zero-order valence-corrected chi connectivity index (χ0v) is 11.7. The third-order valence-corrected chi connectivity index (χ3v) is 3.20. The van der Waals surface area contributed by atoms with Crippen LogP contribution in [0.2, 0.25) is 0 Å². The second-order valence-corrected chi connectivity index (χ2v) is 4.76. The molecular formula is C16H19NO3. The number of hydrogen-bond donors (Lipinski definition) is 0. The standard InChI is InChI=1S/C16H19NO3/c1-2-3-6-11-20-15(18)12-17-10-9-13-7-4-5-8-14(13)16(17)19/h4-5,7-10H,2-3,6,11-12H2,1H3. The van der Waals surface area contributed by atoms with Crippen molar-refractivity contribution in [1.82, 2.24) is 4.57 Å². The molecule has 106 valence electrons. The molecule has 20 heavy (non-hydrogen) atoms. The lowest BCUT2D eigenvalue weighted by molar-refractivity contribution is -0.144. The summed E-state index contributed by atoms with van der Waals surface area (Å²) in [5.74, 6) is -0.363. The summed E-state index contributed by atoms with van der Waals surface area (Å²) in [6, 6.07) is 9.18. The van der Waals surface area contributed by atoms with E-state index in [0.29, 0.717) is 12.0 Å². The molecule has 0 saturated carbocycles. The van der Waals surface area contributed by atoms with Crippen LogP contribution < -0.4 is 5.56 Å². The fraction of sp³-hybridized carbons (Fsp3) is 0.375. The molecule has 4 heteroatoms. The molecule has 1 heterocycles. The molecule has 0 amide bonds. The first-order valence-corrected chi connectivity index (χ1v) is 6.96. The highest BCUT2D eigenvalue weighted by Crippen LogP contribution is 2.08. The van der Waals surface area contributed by atoms with Crippen molar-refractivity contribution in [2.24, 2.45) is 0 Å². The molecule has 0 radical (unpaired) electrons. The predicted octanol–water partition coefficient (Wildman–Crippen LogP) is 2.73. The number of fused-ring (bicyclic) bond motifs is 1. The van der Waals surface area contributed by atoms with Gasteiger partial charge in [-0.15, -0.1) is 0 Å². The van der Waals surface area contributed by atoms with Gasteiger partial charge in [-0.05, 0) is 23.9 Å². The monoisotopic (exact) mass is 273 g/mol. The Labute approximate surface area is 118 Å². The van der Waals surface area contributed by atoms with E-state index >= 15 is 0 Å². The van der Waals surface area contributed by atoms with Crippen LogP contribution in [0.25, 0.3) is 10.8 Å². The zero-order chi connectivity index (χ0) is 14.4. The molecule has 0 fully saturated rings. The summed E-state index contributed by atoms with van der Waals surface area (Å²) >= 11 is 0. The van der Waals surface area contributed by atoms with Gasteiger partial charge < -0.3 is 9.30 Å². The molecule has 0 aliphatic carbocycles. The average Bonchev–Trinajstić information content (AvgIpc) is 2.47. The van der Waals surface area contributed by atoms with Crippen LogP contribution in [-0.4, -0.2) is 17.1 Å². The maximum Gasteiger partial charge on any atom is 0.326 e. The van der Waals surface area contributed by atoms with Crippen molar-refractivity contribution in [3.8, 4) is 0 Å². The SMILES string of the molecule is CCCCCOC(=O)Cn1ccc2ccccc2c1=O. The molecule has 0 N–H and O–H groups in total. The van der Waals surface area contributed by atoms with Gasteiger partial charge in [0.15, 0.2) is 0 Å². The molecule has 4 nitrogen and oxygen atoms in total. The summed E-state index contributed by atoms with van der Waals surface area (Å²) in [5.41, 5.74) is -0.159. The van der Waals surface area contributed by atoms with Crippen molar-refractivity contribution in [3.05, 3.63) is 46.9 Å². The van der Waals surface area contributed by atoms with E-state index in [2.05, 4.69) is 6.92 Å². The van der Waals surface area contributed by atoms with Crippen LogP contribution in [-0.2, 0) is 16.1 Å². The first-order valence-electron chi connectivity index (χ1n) is 6.96. The minimum absolute atomic E-state index is 0.0320. The third-order valence-electron chi connectivity index (χ3n) is 3.20. The van der Waals surface area contributed by atoms with E-state index in [-0.39, 0.29) is 18.1 Å². The number of nitrogens with zero attached hydrogens (tertiary/aromatic N) is 1. The number of hydrogen-bond acceptors (Lipinski definition) is 3. The third kappa shape index (κ3) is 3.47. The fourth-order valence-electron chi connectivity index (χ4n) is 2.08. The summed E-state index contributed by atoms with van der Waals surface area (Å²) in [6.07, 6.45) is 4.64. The maximum absolute atomic E-state index is 12.2. The van der Waals surface area contributed by atoms with Crippen LogP contribution in [0.1, 0.15) is 26.2 Å². The number of benzene rings is 1. The quantitative estimate of drug-likeness (QED) is 0.600. The molecule has 1 aromatic heterocycles. The van der Waals surface area contributed by atoms with Crippen LogP contribution in [0.15, 0.2) is 41.3 Å². The number of aromatic nitrogens is 1.